The number of hydrogen-bond acceptors (Lipinski definition) is 3. The van der Waals surface area contributed by atoms with Gasteiger partial charge in [0.2, 0.25) is 0 Å². The summed E-state index contributed by atoms with van der Waals surface area (Å²) in [4.78, 5) is 31.0. The maximum atomic E-state index is 12.3. The number of H-pyrrole nitrogens is 1. The number of aryl methyl sites for hydroxylation is 1. The summed E-state index contributed by atoms with van der Waals surface area (Å²) in [7, 11) is 2.05. The van der Waals surface area contributed by atoms with Gasteiger partial charge < -0.3 is 14.8 Å². The van der Waals surface area contributed by atoms with Gasteiger partial charge in [-0.05, 0) is 20.9 Å². The number of pyridine rings is 1. The molecule has 0 spiro atoms. The number of rotatable bonds is 1. The Bertz CT molecular complexity index is 509. The van der Waals surface area contributed by atoms with Crippen molar-refractivity contribution in [3.8, 4) is 0 Å². The molecule has 0 aromatic carbocycles. The van der Waals surface area contributed by atoms with E-state index in [0.717, 1.165) is 12.2 Å². The number of likely N-dealkylation sites (N-methyl/N-ethyl adjacent to an activating group) is 1. The number of nitrogens with one attached hydrogen (secondary N) is 1. The first-order valence-electron chi connectivity index (χ1n) is 6.18. The molecule has 1 saturated heterocycles. The summed E-state index contributed by atoms with van der Waals surface area (Å²) in [5, 5.41) is 0. The fourth-order valence-corrected chi connectivity index (χ4v) is 2.14. The minimum absolute atomic E-state index is 0.170. The standard InChI is InChI=1S/C13H19N3O2/c1-9-6-12(17)11(7-14-9)13(18)16-5-4-15(3)10(2)8-16/h6-7,10H,4-5,8H2,1-3H3,(H,14,17). The predicted molar refractivity (Wildman–Crippen MR) is 69.8 cm³/mol. The third-order valence-corrected chi connectivity index (χ3v) is 3.53. The highest BCUT2D eigenvalue weighted by atomic mass is 16.2. The molecule has 1 aliphatic rings. The second kappa shape index (κ2) is 4.94. The molecule has 0 radical (unpaired) electrons. The quantitative estimate of drug-likeness (QED) is 0.786. The van der Waals surface area contributed by atoms with Crippen molar-refractivity contribution >= 4 is 5.91 Å². The summed E-state index contributed by atoms with van der Waals surface area (Å²) in [5.41, 5.74) is 0.795. The van der Waals surface area contributed by atoms with E-state index >= 15 is 0 Å². The lowest BCUT2D eigenvalue weighted by atomic mass is 10.1. The Labute approximate surface area is 106 Å². The molecule has 98 valence electrons. The average molecular weight is 249 g/mol. The van der Waals surface area contributed by atoms with E-state index in [1.54, 1.807) is 11.8 Å². The zero-order chi connectivity index (χ0) is 13.3. The fraction of sp³-hybridized carbons (Fsp3) is 0.538. The molecule has 1 unspecified atom stereocenters. The van der Waals surface area contributed by atoms with Crippen molar-refractivity contribution in [2.24, 2.45) is 0 Å². The normalized spacial score (nSPS) is 21.1. The first-order valence-corrected chi connectivity index (χ1v) is 6.18. The number of piperazine rings is 1. The minimum atomic E-state index is -0.206. The molecule has 2 rings (SSSR count). The van der Waals surface area contributed by atoms with Crippen molar-refractivity contribution in [3.63, 3.8) is 0 Å². The van der Waals surface area contributed by atoms with Crippen LogP contribution in [-0.2, 0) is 0 Å². The molecule has 18 heavy (non-hydrogen) atoms. The molecule has 1 atom stereocenters. The zero-order valence-electron chi connectivity index (χ0n) is 11.1. The van der Waals surface area contributed by atoms with Crippen LogP contribution in [0.5, 0.6) is 0 Å². The molecule has 0 saturated carbocycles. The molecule has 2 heterocycles. The third kappa shape index (κ3) is 2.46. The second-order valence-electron chi connectivity index (χ2n) is 4.97. The van der Waals surface area contributed by atoms with Gasteiger partial charge >= 0.3 is 0 Å². The topological polar surface area (TPSA) is 56.4 Å². The number of aromatic nitrogens is 1. The lowest BCUT2D eigenvalue weighted by Gasteiger charge is -2.37. The van der Waals surface area contributed by atoms with E-state index in [9.17, 15) is 9.59 Å². The summed E-state index contributed by atoms with van der Waals surface area (Å²) in [6.45, 7) is 6.07. The number of aromatic amines is 1. The Hall–Kier alpha value is -1.62. The molecule has 5 heteroatoms. The second-order valence-corrected chi connectivity index (χ2v) is 4.97. The van der Waals surface area contributed by atoms with E-state index in [2.05, 4.69) is 16.8 Å². The number of hydrogen-bond donors (Lipinski definition) is 1. The van der Waals surface area contributed by atoms with Crippen LogP contribution in [-0.4, -0.2) is 53.4 Å². The molecule has 1 aromatic rings. The van der Waals surface area contributed by atoms with Gasteiger partial charge in [0.25, 0.3) is 5.91 Å². The van der Waals surface area contributed by atoms with Crippen LogP contribution >= 0.6 is 0 Å². The molecule has 5 nitrogen and oxygen atoms in total. The van der Waals surface area contributed by atoms with Gasteiger partial charge in [0.1, 0.15) is 5.56 Å². The van der Waals surface area contributed by atoms with Gasteiger partial charge in [-0.3, -0.25) is 9.59 Å². The molecule has 1 fully saturated rings. The van der Waals surface area contributed by atoms with Crippen molar-refractivity contribution in [3.05, 3.63) is 33.7 Å². The van der Waals surface area contributed by atoms with Crippen molar-refractivity contribution < 1.29 is 4.79 Å². The van der Waals surface area contributed by atoms with Crippen LogP contribution in [0.3, 0.4) is 0 Å². The molecule has 1 aromatic heterocycles. The lowest BCUT2D eigenvalue weighted by molar-refractivity contribution is 0.0571. The smallest absolute Gasteiger partial charge is 0.259 e. The number of carbonyl (C=O) groups is 1. The first-order chi connectivity index (χ1) is 8.49. The van der Waals surface area contributed by atoms with Crippen molar-refractivity contribution in [1.82, 2.24) is 14.8 Å². The van der Waals surface area contributed by atoms with Gasteiger partial charge in [-0.25, -0.2) is 0 Å². The largest absolute Gasteiger partial charge is 0.364 e. The molecule has 1 aliphatic heterocycles. The van der Waals surface area contributed by atoms with Crippen LogP contribution in [0.1, 0.15) is 23.0 Å². The monoisotopic (exact) mass is 249 g/mol. The highest BCUT2D eigenvalue weighted by Gasteiger charge is 2.26. The SMILES string of the molecule is Cc1cc(=O)c(C(=O)N2CCN(C)C(C)C2)c[nH]1. The molecule has 0 aliphatic carbocycles. The van der Waals surface area contributed by atoms with E-state index in [1.807, 2.05) is 7.05 Å². The van der Waals surface area contributed by atoms with E-state index < -0.39 is 0 Å². The highest BCUT2D eigenvalue weighted by Crippen LogP contribution is 2.09. The average Bonchev–Trinajstić information content (AvgIpc) is 2.32. The van der Waals surface area contributed by atoms with E-state index in [1.165, 1.54) is 12.3 Å². The molecular formula is C13H19N3O2. The number of nitrogens with zero attached hydrogens (tertiary/aromatic N) is 2. The van der Waals surface area contributed by atoms with Crippen LogP contribution in [0.25, 0.3) is 0 Å². The van der Waals surface area contributed by atoms with Gasteiger partial charge in [-0.15, -0.1) is 0 Å². The summed E-state index contributed by atoms with van der Waals surface area (Å²) in [5.74, 6) is -0.170. The van der Waals surface area contributed by atoms with Crippen LogP contribution in [0, 0.1) is 6.92 Å². The van der Waals surface area contributed by atoms with Gasteiger partial charge in [-0.2, -0.15) is 0 Å². The third-order valence-electron chi connectivity index (χ3n) is 3.53. The molecule has 1 amide bonds. The van der Waals surface area contributed by atoms with Gasteiger partial charge in [-0.1, -0.05) is 0 Å². The van der Waals surface area contributed by atoms with Gasteiger partial charge in [0.15, 0.2) is 5.43 Å². The summed E-state index contributed by atoms with van der Waals surface area (Å²) in [6.07, 6.45) is 1.52. The Morgan fingerprint density at radius 2 is 2.17 bits per heavy atom. The van der Waals surface area contributed by atoms with Crippen LogP contribution in [0.15, 0.2) is 17.1 Å². The molecular weight excluding hydrogens is 230 g/mol. The summed E-state index contributed by atoms with van der Waals surface area (Å²) in [6, 6.07) is 1.79. The van der Waals surface area contributed by atoms with Crippen LogP contribution in [0.2, 0.25) is 0 Å². The van der Waals surface area contributed by atoms with Crippen LogP contribution < -0.4 is 5.43 Å². The highest BCUT2D eigenvalue weighted by molar-refractivity contribution is 5.93. The fourth-order valence-electron chi connectivity index (χ4n) is 2.14. The maximum absolute atomic E-state index is 12.3. The van der Waals surface area contributed by atoms with E-state index in [4.69, 9.17) is 0 Å². The Balaban J connectivity index is 2.19. The number of carbonyl (C=O) groups excluding carboxylic acids is 1. The van der Waals surface area contributed by atoms with Crippen molar-refractivity contribution in [2.75, 3.05) is 26.7 Å². The lowest BCUT2D eigenvalue weighted by Crippen LogP contribution is -2.52. The molecule has 1 N–H and O–H groups in total. The zero-order valence-corrected chi connectivity index (χ0v) is 11.1. The van der Waals surface area contributed by atoms with Gasteiger partial charge in [0, 0.05) is 43.6 Å². The Morgan fingerprint density at radius 3 is 2.78 bits per heavy atom. The molecule has 0 bridgehead atoms. The minimum Gasteiger partial charge on any atom is -0.364 e. The van der Waals surface area contributed by atoms with E-state index in [0.29, 0.717) is 19.1 Å². The maximum Gasteiger partial charge on any atom is 0.259 e. The summed E-state index contributed by atoms with van der Waals surface area (Å²) >= 11 is 0. The van der Waals surface area contributed by atoms with Gasteiger partial charge in [0.05, 0.1) is 0 Å². The van der Waals surface area contributed by atoms with Crippen molar-refractivity contribution in [1.29, 1.82) is 0 Å². The predicted octanol–water partition coefficient (Wildman–Crippen LogP) is 0.459. The number of amides is 1. The van der Waals surface area contributed by atoms with E-state index in [-0.39, 0.29) is 16.9 Å². The van der Waals surface area contributed by atoms with Crippen LogP contribution in [0.4, 0.5) is 0 Å². The Morgan fingerprint density at radius 1 is 1.44 bits per heavy atom. The summed E-state index contributed by atoms with van der Waals surface area (Å²) < 4.78 is 0. The van der Waals surface area contributed by atoms with Crippen molar-refractivity contribution in [2.45, 2.75) is 19.9 Å². The Kier molecular flexibility index (Phi) is 3.52. The first kappa shape index (κ1) is 12.8.